The zero-order valence-corrected chi connectivity index (χ0v) is 7.57. The number of alkyl halides is 1. The smallest absolute Gasteiger partial charge is 0.147 e. The Balaban J connectivity index is 2.19. The Morgan fingerprint density at radius 2 is 1.91 bits per heavy atom. The summed E-state index contributed by atoms with van der Waals surface area (Å²) in [5.74, 6) is 1.07. The summed E-state index contributed by atoms with van der Waals surface area (Å²) >= 11 is 5.42. The zero-order chi connectivity index (χ0) is 8.10. The van der Waals surface area contributed by atoms with E-state index < -0.39 is 0 Å². The third kappa shape index (κ3) is 3.24. The number of hydrogen-bond donors (Lipinski definition) is 0. The Morgan fingerprint density at radius 1 is 1.27 bits per heavy atom. The standard InChI is InChI=1S/C9H15ClO/c10-7-9(11)6-8-4-2-1-3-5-8/h8H,1-7H2. The van der Waals surface area contributed by atoms with Gasteiger partial charge in [-0.3, -0.25) is 4.79 Å². The second kappa shape index (κ2) is 4.76. The average molecular weight is 175 g/mol. The summed E-state index contributed by atoms with van der Waals surface area (Å²) in [6.07, 6.45) is 7.17. The summed E-state index contributed by atoms with van der Waals surface area (Å²) in [5.41, 5.74) is 0. The van der Waals surface area contributed by atoms with Crippen molar-refractivity contribution in [1.82, 2.24) is 0 Å². The second-order valence-electron chi connectivity index (χ2n) is 3.38. The highest BCUT2D eigenvalue weighted by atomic mass is 35.5. The lowest BCUT2D eigenvalue weighted by Gasteiger charge is -2.19. The second-order valence-corrected chi connectivity index (χ2v) is 3.65. The van der Waals surface area contributed by atoms with Crippen LogP contribution in [0.1, 0.15) is 38.5 Å². The molecule has 0 N–H and O–H groups in total. The normalized spacial score (nSPS) is 20.1. The van der Waals surface area contributed by atoms with E-state index in [0.717, 1.165) is 6.42 Å². The Labute approximate surface area is 73.1 Å². The molecule has 0 aromatic heterocycles. The van der Waals surface area contributed by atoms with Gasteiger partial charge in [-0.15, -0.1) is 11.6 Å². The quantitative estimate of drug-likeness (QED) is 0.602. The molecule has 0 unspecified atom stereocenters. The van der Waals surface area contributed by atoms with Gasteiger partial charge >= 0.3 is 0 Å². The zero-order valence-electron chi connectivity index (χ0n) is 6.81. The maximum atomic E-state index is 10.9. The van der Waals surface area contributed by atoms with Gasteiger partial charge in [-0.2, -0.15) is 0 Å². The lowest BCUT2D eigenvalue weighted by Crippen LogP contribution is -2.12. The van der Waals surface area contributed by atoms with Crippen molar-refractivity contribution in [3.8, 4) is 0 Å². The highest BCUT2D eigenvalue weighted by Gasteiger charge is 2.15. The molecule has 1 aliphatic carbocycles. The molecule has 0 spiro atoms. The highest BCUT2D eigenvalue weighted by Crippen LogP contribution is 2.26. The minimum absolute atomic E-state index is 0.205. The van der Waals surface area contributed by atoms with Crippen LogP contribution >= 0.6 is 11.6 Å². The van der Waals surface area contributed by atoms with E-state index >= 15 is 0 Å². The lowest BCUT2D eigenvalue weighted by atomic mass is 9.86. The van der Waals surface area contributed by atoms with Crippen molar-refractivity contribution in [2.24, 2.45) is 5.92 Å². The number of halogens is 1. The maximum Gasteiger partial charge on any atom is 0.147 e. The molecule has 11 heavy (non-hydrogen) atoms. The fraction of sp³-hybridized carbons (Fsp3) is 0.889. The molecule has 1 aliphatic rings. The summed E-state index contributed by atoms with van der Waals surface area (Å²) in [6, 6.07) is 0. The summed E-state index contributed by atoms with van der Waals surface area (Å²) < 4.78 is 0. The number of Topliss-reactive ketones (excluding diaryl/α,β-unsaturated/α-hetero) is 1. The molecule has 64 valence electrons. The van der Waals surface area contributed by atoms with Crippen LogP contribution in [-0.4, -0.2) is 11.7 Å². The summed E-state index contributed by atoms with van der Waals surface area (Å²) in [4.78, 5) is 10.9. The predicted molar refractivity (Wildman–Crippen MR) is 46.9 cm³/mol. The predicted octanol–water partition coefficient (Wildman–Crippen LogP) is 2.76. The van der Waals surface area contributed by atoms with Gasteiger partial charge < -0.3 is 0 Å². The van der Waals surface area contributed by atoms with E-state index in [1.165, 1.54) is 32.1 Å². The Hall–Kier alpha value is -0.0400. The minimum atomic E-state index is 0.205. The molecule has 0 aromatic carbocycles. The van der Waals surface area contributed by atoms with Gasteiger partial charge in [0.1, 0.15) is 5.78 Å². The summed E-state index contributed by atoms with van der Waals surface area (Å²) in [5, 5.41) is 0. The molecule has 0 saturated heterocycles. The topological polar surface area (TPSA) is 17.1 Å². The van der Waals surface area contributed by atoms with Crippen molar-refractivity contribution >= 4 is 17.4 Å². The van der Waals surface area contributed by atoms with Gasteiger partial charge in [0.05, 0.1) is 5.88 Å². The Bertz CT molecular complexity index is 128. The molecular weight excluding hydrogens is 160 g/mol. The third-order valence-corrected chi connectivity index (χ3v) is 2.69. The maximum absolute atomic E-state index is 10.9. The van der Waals surface area contributed by atoms with Crippen LogP contribution in [0.4, 0.5) is 0 Å². The van der Waals surface area contributed by atoms with E-state index in [-0.39, 0.29) is 11.7 Å². The molecule has 0 bridgehead atoms. The highest BCUT2D eigenvalue weighted by molar-refractivity contribution is 6.27. The molecule has 0 atom stereocenters. The minimum Gasteiger partial charge on any atom is -0.298 e. The van der Waals surface area contributed by atoms with Crippen molar-refractivity contribution in [3.63, 3.8) is 0 Å². The van der Waals surface area contributed by atoms with Gasteiger partial charge in [-0.25, -0.2) is 0 Å². The van der Waals surface area contributed by atoms with E-state index in [4.69, 9.17) is 11.6 Å². The van der Waals surface area contributed by atoms with Crippen molar-refractivity contribution in [1.29, 1.82) is 0 Å². The molecule has 0 amide bonds. The third-order valence-electron chi connectivity index (χ3n) is 2.39. The fourth-order valence-electron chi connectivity index (χ4n) is 1.77. The number of carbonyl (C=O) groups excluding carboxylic acids is 1. The molecule has 1 rings (SSSR count). The van der Waals surface area contributed by atoms with E-state index in [1.54, 1.807) is 0 Å². The van der Waals surface area contributed by atoms with Crippen molar-refractivity contribution in [3.05, 3.63) is 0 Å². The summed E-state index contributed by atoms with van der Waals surface area (Å²) in [7, 11) is 0. The van der Waals surface area contributed by atoms with Gasteiger partial charge in [0.2, 0.25) is 0 Å². The molecular formula is C9H15ClO. The first-order valence-corrected chi connectivity index (χ1v) is 4.94. The van der Waals surface area contributed by atoms with E-state index in [2.05, 4.69) is 0 Å². The van der Waals surface area contributed by atoms with Crippen LogP contribution < -0.4 is 0 Å². The van der Waals surface area contributed by atoms with Gasteiger partial charge in [-0.05, 0) is 5.92 Å². The summed E-state index contributed by atoms with van der Waals surface area (Å²) in [6.45, 7) is 0. The number of carbonyl (C=O) groups is 1. The van der Waals surface area contributed by atoms with Crippen molar-refractivity contribution in [2.75, 3.05) is 5.88 Å². The Kier molecular flexibility index (Phi) is 3.92. The monoisotopic (exact) mass is 174 g/mol. The Morgan fingerprint density at radius 3 is 2.45 bits per heavy atom. The van der Waals surface area contributed by atoms with E-state index in [9.17, 15) is 4.79 Å². The average Bonchev–Trinajstić information content (AvgIpc) is 2.06. The fourth-order valence-corrected chi connectivity index (χ4v) is 1.88. The molecule has 0 aromatic rings. The van der Waals surface area contributed by atoms with Crippen LogP contribution in [0.5, 0.6) is 0 Å². The number of ketones is 1. The van der Waals surface area contributed by atoms with Gasteiger partial charge in [0.15, 0.2) is 0 Å². The molecule has 1 saturated carbocycles. The number of rotatable bonds is 3. The van der Waals surface area contributed by atoms with Gasteiger partial charge in [-0.1, -0.05) is 32.1 Å². The molecule has 0 aliphatic heterocycles. The SMILES string of the molecule is O=C(CCl)CC1CCCCC1. The molecule has 0 radical (unpaired) electrons. The largest absolute Gasteiger partial charge is 0.298 e. The van der Waals surface area contributed by atoms with Crippen LogP contribution in [0.25, 0.3) is 0 Å². The lowest BCUT2D eigenvalue weighted by molar-refractivity contribution is -0.117. The van der Waals surface area contributed by atoms with E-state index in [0.29, 0.717) is 5.92 Å². The molecule has 0 heterocycles. The van der Waals surface area contributed by atoms with E-state index in [1.807, 2.05) is 0 Å². The first-order valence-electron chi connectivity index (χ1n) is 4.40. The first kappa shape index (κ1) is 9.05. The van der Waals surface area contributed by atoms with Crippen LogP contribution in [0.15, 0.2) is 0 Å². The van der Waals surface area contributed by atoms with Crippen molar-refractivity contribution < 1.29 is 4.79 Å². The molecule has 1 nitrogen and oxygen atoms in total. The molecule has 1 fully saturated rings. The molecule has 2 heteroatoms. The van der Waals surface area contributed by atoms with Crippen LogP contribution in [0.2, 0.25) is 0 Å². The van der Waals surface area contributed by atoms with Crippen LogP contribution in [-0.2, 0) is 4.79 Å². The van der Waals surface area contributed by atoms with Gasteiger partial charge in [0, 0.05) is 6.42 Å². The van der Waals surface area contributed by atoms with Crippen molar-refractivity contribution in [2.45, 2.75) is 38.5 Å². The van der Waals surface area contributed by atoms with Gasteiger partial charge in [0.25, 0.3) is 0 Å². The number of hydrogen-bond acceptors (Lipinski definition) is 1. The first-order chi connectivity index (χ1) is 5.33. The van der Waals surface area contributed by atoms with Crippen LogP contribution in [0.3, 0.4) is 0 Å². The van der Waals surface area contributed by atoms with Crippen LogP contribution in [0, 0.1) is 5.92 Å².